The molecule has 1 amide bonds. The van der Waals surface area contributed by atoms with Crippen LogP contribution in [0.15, 0.2) is 29.2 Å². The highest BCUT2D eigenvalue weighted by Crippen LogP contribution is 2.15. The Labute approximate surface area is 131 Å². The van der Waals surface area contributed by atoms with Crippen molar-refractivity contribution >= 4 is 21.6 Å². The lowest BCUT2D eigenvalue weighted by molar-refractivity contribution is -0.117. The average Bonchev–Trinajstić information content (AvgIpc) is 2.45. The molecule has 0 unspecified atom stereocenters. The number of nitrogens with zero attached hydrogens (tertiary/aromatic N) is 1. The number of hydrogen-bond donors (Lipinski definition) is 3. The van der Waals surface area contributed by atoms with Crippen molar-refractivity contribution < 1.29 is 13.2 Å². The van der Waals surface area contributed by atoms with Crippen LogP contribution in [0.1, 0.15) is 13.8 Å². The zero-order chi connectivity index (χ0) is 16.8. The van der Waals surface area contributed by atoms with Crippen molar-refractivity contribution in [1.29, 1.82) is 0 Å². The summed E-state index contributed by atoms with van der Waals surface area (Å²) in [6.45, 7) is 4.60. The molecular weight excluding hydrogens is 304 g/mol. The summed E-state index contributed by atoms with van der Waals surface area (Å²) in [6, 6.07) is 6.37. The van der Waals surface area contributed by atoms with Gasteiger partial charge in [0.2, 0.25) is 15.9 Å². The fourth-order valence-electron chi connectivity index (χ4n) is 1.63. The van der Waals surface area contributed by atoms with Gasteiger partial charge in [-0.15, -0.1) is 0 Å². The number of nitrogens with one attached hydrogen (secondary N) is 2. The number of nitrogens with two attached hydrogens (primary N) is 1. The quantitative estimate of drug-likeness (QED) is 0.632. The molecule has 0 fully saturated rings. The van der Waals surface area contributed by atoms with Crippen LogP contribution in [0.25, 0.3) is 0 Å². The van der Waals surface area contributed by atoms with Gasteiger partial charge in [-0.1, -0.05) is 6.07 Å². The lowest BCUT2D eigenvalue weighted by Crippen LogP contribution is -2.34. The molecule has 124 valence electrons. The molecule has 0 aliphatic rings. The van der Waals surface area contributed by atoms with Crippen molar-refractivity contribution in [2.45, 2.75) is 24.8 Å². The van der Waals surface area contributed by atoms with E-state index in [0.29, 0.717) is 5.69 Å². The molecule has 1 aromatic rings. The molecule has 0 saturated carbocycles. The van der Waals surface area contributed by atoms with Gasteiger partial charge in [0.1, 0.15) is 0 Å². The topological polar surface area (TPSA) is 105 Å². The Balaban J connectivity index is 2.78. The van der Waals surface area contributed by atoms with E-state index in [-0.39, 0.29) is 36.5 Å². The van der Waals surface area contributed by atoms with Crippen LogP contribution in [-0.2, 0) is 14.8 Å². The SMILES string of the molecule is CC(C)N(C)CC(=O)Nc1cccc(S(=O)(=O)NCCN)c1. The summed E-state index contributed by atoms with van der Waals surface area (Å²) in [5, 5.41) is 2.70. The van der Waals surface area contributed by atoms with E-state index in [0.717, 1.165) is 0 Å². The Morgan fingerprint density at radius 3 is 2.64 bits per heavy atom. The number of rotatable bonds is 8. The van der Waals surface area contributed by atoms with Crippen LogP contribution >= 0.6 is 0 Å². The van der Waals surface area contributed by atoms with Gasteiger partial charge in [-0.05, 0) is 39.1 Å². The summed E-state index contributed by atoms with van der Waals surface area (Å²) < 4.78 is 26.4. The fraction of sp³-hybridized carbons (Fsp3) is 0.500. The van der Waals surface area contributed by atoms with Gasteiger partial charge in [-0.3, -0.25) is 9.69 Å². The second-order valence-electron chi connectivity index (χ2n) is 5.27. The van der Waals surface area contributed by atoms with E-state index >= 15 is 0 Å². The third-order valence-electron chi connectivity index (χ3n) is 3.14. The fourth-order valence-corrected chi connectivity index (χ4v) is 2.72. The minimum Gasteiger partial charge on any atom is -0.329 e. The maximum atomic E-state index is 12.0. The summed E-state index contributed by atoms with van der Waals surface area (Å²) in [7, 11) is -1.76. The normalized spacial score (nSPS) is 11.9. The average molecular weight is 328 g/mol. The number of amides is 1. The maximum absolute atomic E-state index is 12.0. The number of likely N-dealkylation sites (N-methyl/N-ethyl adjacent to an activating group) is 1. The first kappa shape index (κ1) is 18.6. The Hall–Kier alpha value is -1.48. The number of sulfonamides is 1. The van der Waals surface area contributed by atoms with Gasteiger partial charge in [0.05, 0.1) is 11.4 Å². The summed E-state index contributed by atoms with van der Waals surface area (Å²) in [5.74, 6) is -0.194. The Morgan fingerprint density at radius 2 is 2.05 bits per heavy atom. The first-order valence-electron chi connectivity index (χ1n) is 7.06. The van der Waals surface area contributed by atoms with Crippen molar-refractivity contribution in [3.63, 3.8) is 0 Å². The molecule has 0 heterocycles. The molecule has 8 heteroatoms. The first-order valence-corrected chi connectivity index (χ1v) is 8.54. The van der Waals surface area contributed by atoms with Gasteiger partial charge < -0.3 is 11.1 Å². The Bertz CT molecular complexity index is 602. The molecule has 0 spiro atoms. The van der Waals surface area contributed by atoms with E-state index in [4.69, 9.17) is 5.73 Å². The van der Waals surface area contributed by atoms with Crippen molar-refractivity contribution in [2.24, 2.45) is 5.73 Å². The van der Waals surface area contributed by atoms with Gasteiger partial charge in [-0.2, -0.15) is 0 Å². The minimum atomic E-state index is -3.61. The molecule has 1 rings (SSSR count). The summed E-state index contributed by atoms with van der Waals surface area (Å²) >= 11 is 0. The second-order valence-corrected chi connectivity index (χ2v) is 7.04. The molecule has 0 aromatic heterocycles. The third kappa shape index (κ3) is 5.72. The molecule has 22 heavy (non-hydrogen) atoms. The van der Waals surface area contributed by atoms with Crippen molar-refractivity contribution in [2.75, 3.05) is 32.0 Å². The first-order chi connectivity index (χ1) is 10.3. The van der Waals surface area contributed by atoms with E-state index in [1.54, 1.807) is 12.1 Å². The van der Waals surface area contributed by atoms with Crippen LogP contribution in [0.5, 0.6) is 0 Å². The molecule has 0 aliphatic heterocycles. The second kappa shape index (κ2) is 8.23. The monoisotopic (exact) mass is 328 g/mol. The molecule has 4 N–H and O–H groups in total. The van der Waals surface area contributed by atoms with E-state index in [9.17, 15) is 13.2 Å². The Morgan fingerprint density at radius 1 is 1.36 bits per heavy atom. The highest BCUT2D eigenvalue weighted by atomic mass is 32.2. The zero-order valence-corrected chi connectivity index (χ0v) is 14.0. The van der Waals surface area contributed by atoms with Crippen molar-refractivity contribution in [1.82, 2.24) is 9.62 Å². The molecule has 0 bridgehead atoms. The number of anilines is 1. The third-order valence-corrected chi connectivity index (χ3v) is 4.60. The van der Waals surface area contributed by atoms with Gasteiger partial charge in [-0.25, -0.2) is 13.1 Å². The van der Waals surface area contributed by atoms with Crippen LogP contribution in [-0.4, -0.2) is 51.9 Å². The predicted molar refractivity (Wildman–Crippen MR) is 87.1 cm³/mol. The van der Waals surface area contributed by atoms with E-state index < -0.39 is 10.0 Å². The van der Waals surface area contributed by atoms with Crippen LogP contribution in [0, 0.1) is 0 Å². The molecule has 0 atom stereocenters. The lowest BCUT2D eigenvalue weighted by Gasteiger charge is -2.20. The smallest absolute Gasteiger partial charge is 0.240 e. The number of carbonyl (C=O) groups excluding carboxylic acids is 1. The summed E-state index contributed by atoms with van der Waals surface area (Å²) in [5.41, 5.74) is 5.73. The van der Waals surface area contributed by atoms with Crippen LogP contribution < -0.4 is 15.8 Å². The van der Waals surface area contributed by atoms with E-state index in [1.807, 2.05) is 25.8 Å². The zero-order valence-electron chi connectivity index (χ0n) is 13.2. The molecule has 0 saturated heterocycles. The molecule has 1 aromatic carbocycles. The summed E-state index contributed by atoms with van der Waals surface area (Å²) in [6.07, 6.45) is 0. The highest BCUT2D eigenvalue weighted by Gasteiger charge is 2.14. The van der Waals surface area contributed by atoms with E-state index in [1.165, 1.54) is 12.1 Å². The molecule has 0 radical (unpaired) electrons. The standard InChI is InChI=1S/C14H24N4O3S/c1-11(2)18(3)10-14(19)17-12-5-4-6-13(9-12)22(20,21)16-8-7-15/h4-6,9,11,16H,7-8,10,15H2,1-3H3,(H,17,19). The number of carbonyl (C=O) groups is 1. The van der Waals surface area contributed by atoms with Crippen LogP contribution in [0.2, 0.25) is 0 Å². The minimum absolute atomic E-state index is 0.0935. The number of hydrogen-bond acceptors (Lipinski definition) is 5. The highest BCUT2D eigenvalue weighted by molar-refractivity contribution is 7.89. The number of benzene rings is 1. The van der Waals surface area contributed by atoms with Gasteiger partial charge >= 0.3 is 0 Å². The summed E-state index contributed by atoms with van der Waals surface area (Å²) in [4.78, 5) is 13.9. The largest absolute Gasteiger partial charge is 0.329 e. The van der Waals surface area contributed by atoms with Gasteiger partial charge in [0, 0.05) is 24.8 Å². The maximum Gasteiger partial charge on any atom is 0.240 e. The van der Waals surface area contributed by atoms with E-state index in [2.05, 4.69) is 10.0 Å². The predicted octanol–water partition coefficient (Wildman–Crippen LogP) is 0.202. The van der Waals surface area contributed by atoms with Crippen LogP contribution in [0.3, 0.4) is 0 Å². The van der Waals surface area contributed by atoms with Crippen molar-refractivity contribution in [3.8, 4) is 0 Å². The van der Waals surface area contributed by atoms with Crippen LogP contribution in [0.4, 0.5) is 5.69 Å². The molecule has 7 nitrogen and oxygen atoms in total. The molecule has 0 aliphatic carbocycles. The molecular formula is C14H24N4O3S. The lowest BCUT2D eigenvalue weighted by atomic mass is 10.3. The van der Waals surface area contributed by atoms with Gasteiger partial charge in [0.15, 0.2) is 0 Å². The van der Waals surface area contributed by atoms with Crippen molar-refractivity contribution in [3.05, 3.63) is 24.3 Å². The van der Waals surface area contributed by atoms with Gasteiger partial charge in [0.25, 0.3) is 0 Å². The Kier molecular flexibility index (Phi) is 6.95.